The van der Waals surface area contributed by atoms with Crippen LogP contribution in [0.4, 0.5) is 0 Å². The predicted octanol–water partition coefficient (Wildman–Crippen LogP) is 0.248. The summed E-state index contributed by atoms with van der Waals surface area (Å²) in [6.45, 7) is 7.19. The second-order valence-corrected chi connectivity index (χ2v) is 4.84. The molecule has 0 spiro atoms. The highest BCUT2D eigenvalue weighted by molar-refractivity contribution is 5.80. The lowest BCUT2D eigenvalue weighted by molar-refractivity contribution is -0.148. The zero-order valence-corrected chi connectivity index (χ0v) is 11.3. The average Bonchev–Trinajstić information content (AvgIpc) is 2.52. The van der Waals surface area contributed by atoms with Crippen LogP contribution < -0.4 is 5.32 Å². The second-order valence-electron chi connectivity index (χ2n) is 4.84. The van der Waals surface area contributed by atoms with Crippen LogP contribution in [-0.2, 0) is 14.3 Å². The fraction of sp³-hybridized carbons (Fsp3) is 0.917. The maximum absolute atomic E-state index is 11.8. The number of hydrogen-bond acceptors (Lipinski definition) is 5. The van der Waals surface area contributed by atoms with Crippen molar-refractivity contribution in [2.45, 2.75) is 31.9 Å². The van der Waals surface area contributed by atoms with Gasteiger partial charge in [-0.1, -0.05) is 0 Å². The van der Waals surface area contributed by atoms with E-state index >= 15 is 0 Å². The molecule has 100 valence electrons. The molecule has 1 heterocycles. The molecule has 1 fully saturated rings. The average molecular weight is 244 g/mol. The van der Waals surface area contributed by atoms with E-state index in [9.17, 15) is 4.79 Å². The Kier molecular flexibility index (Phi) is 5.36. The summed E-state index contributed by atoms with van der Waals surface area (Å²) in [6, 6.07) is 0. The van der Waals surface area contributed by atoms with Crippen LogP contribution >= 0.6 is 0 Å². The third kappa shape index (κ3) is 3.94. The molecule has 0 radical (unpaired) electrons. The number of nitrogens with zero attached hydrogens (tertiary/aromatic N) is 1. The highest BCUT2D eigenvalue weighted by atomic mass is 16.5. The second kappa shape index (κ2) is 6.33. The van der Waals surface area contributed by atoms with Crippen LogP contribution in [0, 0.1) is 0 Å². The summed E-state index contributed by atoms with van der Waals surface area (Å²) < 4.78 is 10.4. The maximum atomic E-state index is 11.8. The van der Waals surface area contributed by atoms with E-state index < -0.39 is 5.54 Å². The predicted molar refractivity (Wildman–Crippen MR) is 66.0 cm³/mol. The van der Waals surface area contributed by atoms with Gasteiger partial charge in [0.15, 0.2) is 0 Å². The van der Waals surface area contributed by atoms with Crippen LogP contribution in [0.25, 0.3) is 0 Å². The first kappa shape index (κ1) is 14.4. The number of hydrogen-bond donors (Lipinski definition) is 1. The summed E-state index contributed by atoms with van der Waals surface area (Å²) in [5.41, 5.74) is -0.654. The van der Waals surface area contributed by atoms with Gasteiger partial charge in [0.25, 0.3) is 0 Å². The summed E-state index contributed by atoms with van der Waals surface area (Å²) in [5.74, 6) is -0.224. The van der Waals surface area contributed by atoms with Gasteiger partial charge in [-0.2, -0.15) is 0 Å². The Bertz CT molecular complexity index is 260. The van der Waals surface area contributed by atoms with Crippen LogP contribution in [0.5, 0.6) is 0 Å². The molecule has 2 atom stereocenters. The molecule has 1 rings (SSSR count). The minimum absolute atomic E-state index is 0.219. The molecule has 0 bridgehead atoms. The Labute approximate surface area is 103 Å². The molecule has 0 saturated carbocycles. The largest absolute Gasteiger partial charge is 0.468 e. The highest BCUT2D eigenvalue weighted by Crippen LogP contribution is 2.12. The first-order chi connectivity index (χ1) is 8.01. The van der Waals surface area contributed by atoms with E-state index in [1.165, 1.54) is 7.11 Å². The zero-order chi connectivity index (χ0) is 12.9. The monoisotopic (exact) mass is 244 g/mol. The topological polar surface area (TPSA) is 50.8 Å². The van der Waals surface area contributed by atoms with E-state index in [1.807, 2.05) is 6.92 Å². The summed E-state index contributed by atoms with van der Waals surface area (Å²) in [5, 5.41) is 3.05. The molecule has 1 aliphatic heterocycles. The molecule has 0 aromatic rings. The van der Waals surface area contributed by atoms with Crippen LogP contribution in [0.3, 0.4) is 0 Å². The van der Waals surface area contributed by atoms with E-state index in [2.05, 4.69) is 17.1 Å². The molecule has 5 nitrogen and oxygen atoms in total. The lowest BCUT2D eigenvalue weighted by atomic mass is 10.0. The van der Waals surface area contributed by atoms with E-state index in [4.69, 9.17) is 9.47 Å². The molecule has 0 amide bonds. The van der Waals surface area contributed by atoms with Gasteiger partial charge >= 0.3 is 5.97 Å². The molecule has 0 aromatic heterocycles. The number of ether oxygens (including phenoxy) is 2. The lowest BCUT2D eigenvalue weighted by Crippen LogP contribution is -2.56. The molecule has 1 saturated heterocycles. The fourth-order valence-corrected chi connectivity index (χ4v) is 2.14. The quantitative estimate of drug-likeness (QED) is 0.718. The summed E-state index contributed by atoms with van der Waals surface area (Å²) >= 11 is 0. The Morgan fingerprint density at radius 1 is 1.65 bits per heavy atom. The van der Waals surface area contributed by atoms with Gasteiger partial charge in [0.1, 0.15) is 5.54 Å². The van der Waals surface area contributed by atoms with Gasteiger partial charge < -0.3 is 14.8 Å². The molecular formula is C12H24N2O3. The number of carbonyl (C=O) groups is 1. The number of rotatable bonds is 4. The molecule has 0 aliphatic carbocycles. The Morgan fingerprint density at radius 2 is 2.35 bits per heavy atom. The van der Waals surface area contributed by atoms with Gasteiger partial charge in [0.2, 0.25) is 0 Å². The van der Waals surface area contributed by atoms with Crippen molar-refractivity contribution >= 4 is 5.97 Å². The van der Waals surface area contributed by atoms with Crippen molar-refractivity contribution in [2.75, 3.05) is 40.4 Å². The lowest BCUT2D eigenvalue weighted by Gasteiger charge is -2.33. The van der Waals surface area contributed by atoms with Crippen molar-refractivity contribution in [1.29, 1.82) is 0 Å². The van der Waals surface area contributed by atoms with Gasteiger partial charge in [-0.25, -0.2) is 0 Å². The van der Waals surface area contributed by atoms with Crippen molar-refractivity contribution in [1.82, 2.24) is 10.2 Å². The van der Waals surface area contributed by atoms with Gasteiger partial charge in [-0.05, 0) is 27.3 Å². The SMILES string of the molecule is CNC(C)(CN1CCCOC(C)C1)C(=O)OC. The van der Waals surface area contributed by atoms with Gasteiger partial charge in [-0.15, -0.1) is 0 Å². The molecule has 17 heavy (non-hydrogen) atoms. The molecule has 1 N–H and O–H groups in total. The third-order valence-corrected chi connectivity index (χ3v) is 3.26. The van der Waals surface area contributed by atoms with Crippen molar-refractivity contribution in [3.05, 3.63) is 0 Å². The minimum Gasteiger partial charge on any atom is -0.468 e. The van der Waals surface area contributed by atoms with Crippen LogP contribution in [0.15, 0.2) is 0 Å². The first-order valence-electron chi connectivity index (χ1n) is 6.13. The standard InChI is InChI=1S/C12H24N2O3/c1-10-8-14(6-5-7-17-10)9-12(2,13-3)11(15)16-4/h10,13H,5-9H2,1-4H3. The minimum atomic E-state index is -0.654. The van der Waals surface area contributed by atoms with Crippen LogP contribution in [0.2, 0.25) is 0 Å². The van der Waals surface area contributed by atoms with E-state index in [-0.39, 0.29) is 12.1 Å². The number of nitrogens with one attached hydrogen (secondary N) is 1. The van der Waals surface area contributed by atoms with E-state index in [0.717, 1.165) is 26.1 Å². The molecule has 0 aromatic carbocycles. The smallest absolute Gasteiger partial charge is 0.327 e. The van der Waals surface area contributed by atoms with Gasteiger partial charge in [0, 0.05) is 26.2 Å². The molecule has 2 unspecified atom stereocenters. The van der Waals surface area contributed by atoms with Crippen molar-refractivity contribution in [3.8, 4) is 0 Å². The maximum Gasteiger partial charge on any atom is 0.327 e. The van der Waals surface area contributed by atoms with Gasteiger partial charge in [0.05, 0.1) is 13.2 Å². The van der Waals surface area contributed by atoms with Crippen LogP contribution in [0.1, 0.15) is 20.3 Å². The van der Waals surface area contributed by atoms with E-state index in [0.29, 0.717) is 6.54 Å². The summed E-state index contributed by atoms with van der Waals surface area (Å²) in [4.78, 5) is 14.0. The third-order valence-electron chi connectivity index (χ3n) is 3.26. The zero-order valence-electron chi connectivity index (χ0n) is 11.3. The van der Waals surface area contributed by atoms with E-state index in [1.54, 1.807) is 7.05 Å². The van der Waals surface area contributed by atoms with Crippen molar-refractivity contribution < 1.29 is 14.3 Å². The fourth-order valence-electron chi connectivity index (χ4n) is 2.14. The summed E-state index contributed by atoms with van der Waals surface area (Å²) in [7, 11) is 3.21. The summed E-state index contributed by atoms with van der Waals surface area (Å²) in [6.07, 6.45) is 1.22. The molecule has 1 aliphatic rings. The number of likely N-dealkylation sites (N-methyl/N-ethyl adjacent to an activating group) is 1. The van der Waals surface area contributed by atoms with Crippen molar-refractivity contribution in [2.24, 2.45) is 0 Å². The molecular weight excluding hydrogens is 220 g/mol. The van der Waals surface area contributed by atoms with Gasteiger partial charge in [-0.3, -0.25) is 9.69 Å². The highest BCUT2D eigenvalue weighted by Gasteiger charge is 2.35. The Morgan fingerprint density at radius 3 is 2.94 bits per heavy atom. The van der Waals surface area contributed by atoms with Crippen LogP contribution in [-0.4, -0.2) is 62.9 Å². The number of esters is 1. The first-order valence-corrected chi connectivity index (χ1v) is 6.13. The number of carbonyl (C=O) groups excluding carboxylic acids is 1. The Hall–Kier alpha value is -0.650. The Balaban J connectivity index is 2.63. The van der Waals surface area contributed by atoms with Crippen molar-refractivity contribution in [3.63, 3.8) is 0 Å². The normalized spacial score (nSPS) is 26.0. The molecule has 5 heteroatoms. The number of methoxy groups -OCH3 is 1.